The smallest absolute Gasteiger partial charge is 0.340 e. The third-order valence-corrected chi connectivity index (χ3v) is 4.37. The lowest BCUT2D eigenvalue weighted by molar-refractivity contribution is 0.0489. The number of hydrogen-bond donors (Lipinski definition) is 1. The Balaban J connectivity index is 2.36. The molecule has 0 aliphatic carbocycles. The number of benzene rings is 2. The van der Waals surface area contributed by atoms with Crippen LogP contribution in [0, 0.1) is 5.92 Å². The van der Waals surface area contributed by atoms with Crippen LogP contribution in [0.1, 0.15) is 41.0 Å². The Morgan fingerprint density at radius 2 is 1.68 bits per heavy atom. The molecule has 0 saturated heterocycles. The first-order valence-electron chi connectivity index (χ1n) is 8.86. The average Bonchev–Trinajstić information content (AvgIpc) is 2.67. The van der Waals surface area contributed by atoms with Gasteiger partial charge in [0.25, 0.3) is 5.91 Å². The molecule has 0 aliphatic rings. The number of hydrogen-bond acceptors (Lipinski definition) is 5. The van der Waals surface area contributed by atoms with Crippen molar-refractivity contribution in [3.63, 3.8) is 0 Å². The zero-order valence-electron chi connectivity index (χ0n) is 16.4. The predicted molar refractivity (Wildman–Crippen MR) is 109 cm³/mol. The summed E-state index contributed by atoms with van der Waals surface area (Å²) in [5.41, 5.74) is 0.706. The van der Waals surface area contributed by atoms with Crippen LogP contribution >= 0.6 is 11.6 Å². The van der Waals surface area contributed by atoms with Crippen LogP contribution in [0.25, 0.3) is 0 Å². The first-order chi connectivity index (χ1) is 13.4. The molecule has 0 radical (unpaired) electrons. The van der Waals surface area contributed by atoms with E-state index in [0.717, 1.165) is 6.42 Å². The summed E-state index contributed by atoms with van der Waals surface area (Å²) in [5, 5.41) is 3.02. The molecule has 2 aromatic rings. The number of halogens is 1. The van der Waals surface area contributed by atoms with Crippen LogP contribution in [0.3, 0.4) is 0 Å². The summed E-state index contributed by atoms with van der Waals surface area (Å²) in [6.07, 6.45) is 0.736. The van der Waals surface area contributed by atoms with Gasteiger partial charge in [0.05, 0.1) is 42.7 Å². The van der Waals surface area contributed by atoms with E-state index < -0.39 is 11.9 Å². The normalized spacial score (nSPS) is 10.5. The molecule has 0 aromatic heterocycles. The van der Waals surface area contributed by atoms with Gasteiger partial charge in [-0.1, -0.05) is 37.6 Å². The highest BCUT2D eigenvalue weighted by Gasteiger charge is 2.21. The molecule has 6 nitrogen and oxygen atoms in total. The molecule has 1 N–H and O–H groups in total. The third kappa shape index (κ3) is 5.39. The maximum atomic E-state index is 12.6. The lowest BCUT2D eigenvalue weighted by Gasteiger charge is -2.16. The van der Waals surface area contributed by atoms with Crippen molar-refractivity contribution in [2.45, 2.75) is 20.3 Å². The van der Waals surface area contributed by atoms with Gasteiger partial charge in [0, 0.05) is 12.1 Å². The summed E-state index contributed by atoms with van der Waals surface area (Å²) in [6.45, 7) is 4.36. The van der Waals surface area contributed by atoms with Crippen LogP contribution in [0.15, 0.2) is 36.4 Å². The van der Waals surface area contributed by atoms with Gasteiger partial charge in [0.15, 0.2) is 11.5 Å². The lowest BCUT2D eigenvalue weighted by atomic mass is 10.1. The van der Waals surface area contributed by atoms with Gasteiger partial charge in [0.1, 0.15) is 0 Å². The van der Waals surface area contributed by atoms with E-state index in [2.05, 4.69) is 5.32 Å². The van der Waals surface area contributed by atoms with E-state index in [1.54, 1.807) is 24.3 Å². The molecule has 1 amide bonds. The lowest BCUT2D eigenvalue weighted by Crippen LogP contribution is -2.17. The fourth-order valence-electron chi connectivity index (χ4n) is 2.45. The molecule has 0 fully saturated rings. The summed E-state index contributed by atoms with van der Waals surface area (Å²) in [6, 6.07) is 9.65. The number of carbonyl (C=O) groups is 2. The van der Waals surface area contributed by atoms with Crippen LogP contribution in [-0.2, 0) is 4.74 Å². The van der Waals surface area contributed by atoms with Crippen LogP contribution < -0.4 is 14.8 Å². The van der Waals surface area contributed by atoms with E-state index in [-0.39, 0.29) is 23.4 Å². The minimum atomic E-state index is -0.559. The molecular formula is C21H24ClNO5. The average molecular weight is 406 g/mol. The molecule has 0 unspecified atom stereocenters. The van der Waals surface area contributed by atoms with Gasteiger partial charge in [0.2, 0.25) is 0 Å². The van der Waals surface area contributed by atoms with Crippen molar-refractivity contribution in [1.29, 1.82) is 0 Å². The largest absolute Gasteiger partial charge is 0.493 e. The van der Waals surface area contributed by atoms with Gasteiger partial charge in [-0.25, -0.2) is 4.79 Å². The van der Waals surface area contributed by atoms with Crippen molar-refractivity contribution >= 4 is 29.2 Å². The molecular weight excluding hydrogens is 382 g/mol. The molecule has 28 heavy (non-hydrogen) atoms. The first kappa shape index (κ1) is 21.6. The van der Waals surface area contributed by atoms with Gasteiger partial charge in [-0.2, -0.15) is 0 Å². The highest BCUT2D eigenvalue weighted by atomic mass is 35.5. The highest BCUT2D eigenvalue weighted by molar-refractivity contribution is 6.34. The first-order valence-corrected chi connectivity index (χ1v) is 9.24. The van der Waals surface area contributed by atoms with E-state index in [9.17, 15) is 9.59 Å². The van der Waals surface area contributed by atoms with E-state index in [4.69, 9.17) is 25.8 Å². The van der Waals surface area contributed by atoms with Gasteiger partial charge in [-0.05, 0) is 24.5 Å². The Labute approximate surface area is 169 Å². The monoisotopic (exact) mass is 405 g/mol. The summed E-state index contributed by atoms with van der Waals surface area (Å²) in [7, 11) is 2.94. The fraction of sp³-hybridized carbons (Fsp3) is 0.333. The Hall–Kier alpha value is -2.73. The van der Waals surface area contributed by atoms with Crippen molar-refractivity contribution in [2.75, 3.05) is 26.1 Å². The number of ether oxygens (including phenoxy) is 3. The van der Waals surface area contributed by atoms with Crippen molar-refractivity contribution in [3.05, 3.63) is 52.5 Å². The molecule has 0 atom stereocenters. The molecule has 0 heterocycles. The topological polar surface area (TPSA) is 73.9 Å². The minimum absolute atomic E-state index is 0.168. The number of amides is 1. The summed E-state index contributed by atoms with van der Waals surface area (Å²) < 4.78 is 15.9. The van der Waals surface area contributed by atoms with Crippen LogP contribution in [-0.4, -0.2) is 32.7 Å². The van der Waals surface area contributed by atoms with Crippen LogP contribution in [0.2, 0.25) is 5.02 Å². The second kappa shape index (κ2) is 9.99. The molecule has 0 saturated carbocycles. The zero-order valence-corrected chi connectivity index (χ0v) is 17.1. The Morgan fingerprint density at radius 3 is 2.29 bits per heavy atom. The van der Waals surface area contributed by atoms with Crippen LogP contribution in [0.5, 0.6) is 11.5 Å². The minimum Gasteiger partial charge on any atom is -0.493 e. The quantitative estimate of drug-likeness (QED) is 0.638. The Kier molecular flexibility index (Phi) is 7.70. The number of carbonyl (C=O) groups excluding carboxylic acids is 2. The van der Waals surface area contributed by atoms with E-state index in [1.807, 2.05) is 13.8 Å². The van der Waals surface area contributed by atoms with E-state index in [0.29, 0.717) is 22.4 Å². The zero-order chi connectivity index (χ0) is 20.7. The SMILES string of the molecule is COc1cc(NC(=O)c2ccccc2Cl)c(C(=O)OCCC(C)C)cc1OC. The number of esters is 1. The van der Waals surface area contributed by atoms with Crippen molar-refractivity contribution in [3.8, 4) is 11.5 Å². The summed E-state index contributed by atoms with van der Waals surface area (Å²) in [5.74, 6) is 0.118. The standard InChI is InChI=1S/C21H24ClNO5/c1-13(2)9-10-28-21(25)15-11-18(26-3)19(27-4)12-17(15)23-20(24)14-7-5-6-8-16(14)22/h5-8,11-13H,9-10H2,1-4H3,(H,23,24). The van der Waals surface area contributed by atoms with Crippen molar-refractivity contribution in [2.24, 2.45) is 5.92 Å². The Morgan fingerprint density at radius 1 is 1.04 bits per heavy atom. The molecule has 150 valence electrons. The van der Waals surface area contributed by atoms with Crippen molar-refractivity contribution < 1.29 is 23.8 Å². The van der Waals surface area contributed by atoms with Gasteiger partial charge < -0.3 is 19.5 Å². The summed E-state index contributed by atoms with van der Waals surface area (Å²) >= 11 is 6.09. The number of rotatable bonds is 8. The maximum absolute atomic E-state index is 12.6. The maximum Gasteiger partial charge on any atom is 0.340 e. The van der Waals surface area contributed by atoms with Gasteiger partial charge in [-0.3, -0.25) is 4.79 Å². The summed E-state index contributed by atoms with van der Waals surface area (Å²) in [4.78, 5) is 25.3. The van der Waals surface area contributed by atoms with E-state index >= 15 is 0 Å². The molecule has 0 spiro atoms. The van der Waals surface area contributed by atoms with Crippen molar-refractivity contribution in [1.82, 2.24) is 0 Å². The predicted octanol–water partition coefficient (Wildman–Crippen LogP) is 4.81. The third-order valence-electron chi connectivity index (χ3n) is 4.04. The molecule has 0 bridgehead atoms. The highest BCUT2D eigenvalue weighted by Crippen LogP contribution is 2.34. The number of anilines is 1. The molecule has 2 rings (SSSR count). The second-order valence-corrected chi connectivity index (χ2v) is 6.91. The number of nitrogens with one attached hydrogen (secondary N) is 1. The molecule has 0 aliphatic heterocycles. The fourth-order valence-corrected chi connectivity index (χ4v) is 2.67. The molecule has 2 aromatic carbocycles. The van der Waals surface area contributed by atoms with Gasteiger partial charge >= 0.3 is 5.97 Å². The Bertz CT molecular complexity index is 851. The second-order valence-electron chi connectivity index (χ2n) is 6.51. The van der Waals surface area contributed by atoms with Gasteiger partial charge in [-0.15, -0.1) is 0 Å². The number of methoxy groups -OCH3 is 2. The van der Waals surface area contributed by atoms with E-state index in [1.165, 1.54) is 26.4 Å². The van der Waals surface area contributed by atoms with Crippen LogP contribution in [0.4, 0.5) is 5.69 Å². The molecule has 7 heteroatoms.